The van der Waals surface area contributed by atoms with Crippen LogP contribution in [0.25, 0.3) is 0 Å². The average Bonchev–Trinajstić information content (AvgIpc) is 2.98. The second kappa shape index (κ2) is 14.5. The van der Waals surface area contributed by atoms with Crippen molar-refractivity contribution in [3.63, 3.8) is 0 Å². The molecule has 43 heavy (non-hydrogen) atoms. The minimum atomic E-state index is -1.61. The summed E-state index contributed by atoms with van der Waals surface area (Å²) in [5, 5.41) is 81.1. The van der Waals surface area contributed by atoms with Crippen LogP contribution in [0.4, 0.5) is 0 Å². The zero-order chi connectivity index (χ0) is 30.8. The zero-order valence-electron chi connectivity index (χ0n) is 24.3. The number of fused-ring (bicyclic) bond motifs is 1. The summed E-state index contributed by atoms with van der Waals surface area (Å²) in [4.78, 5) is 13.1. The van der Waals surface area contributed by atoms with E-state index in [9.17, 15) is 45.6 Å². The number of ether oxygens (including phenoxy) is 4. The van der Waals surface area contributed by atoms with Crippen molar-refractivity contribution >= 4 is 5.97 Å². The van der Waals surface area contributed by atoms with Crippen LogP contribution in [0.3, 0.4) is 0 Å². The molecule has 2 heterocycles. The van der Waals surface area contributed by atoms with E-state index in [4.69, 9.17) is 18.9 Å². The average molecular weight is 617 g/mol. The highest BCUT2D eigenvalue weighted by Crippen LogP contribution is 2.44. The lowest BCUT2D eigenvalue weighted by atomic mass is 9.73. The van der Waals surface area contributed by atoms with Gasteiger partial charge in [0.2, 0.25) is 0 Å². The first-order valence-corrected chi connectivity index (χ1v) is 15.8. The lowest BCUT2D eigenvalue weighted by Gasteiger charge is -2.51. The number of hydrogen-bond acceptors (Lipinski definition) is 13. The number of rotatable bonds is 7. The van der Waals surface area contributed by atoms with Gasteiger partial charge in [0.25, 0.3) is 0 Å². The van der Waals surface area contributed by atoms with Crippen LogP contribution in [0.1, 0.15) is 64.2 Å². The van der Waals surface area contributed by atoms with Gasteiger partial charge in [-0.3, -0.25) is 0 Å². The molecule has 3 saturated carbocycles. The lowest BCUT2D eigenvalue weighted by Crippen LogP contribution is -2.61. The molecule has 5 aliphatic rings. The summed E-state index contributed by atoms with van der Waals surface area (Å²) in [6, 6.07) is 0. The number of aliphatic hydroxyl groups excluding tert-OH is 8. The minimum Gasteiger partial charge on any atom is -0.456 e. The third kappa shape index (κ3) is 7.78. The zero-order valence-corrected chi connectivity index (χ0v) is 24.3. The van der Waals surface area contributed by atoms with Crippen LogP contribution in [-0.4, -0.2) is 133 Å². The van der Waals surface area contributed by atoms with E-state index in [0.29, 0.717) is 57.8 Å². The molecule has 0 spiro atoms. The van der Waals surface area contributed by atoms with Crippen molar-refractivity contribution in [3.05, 3.63) is 12.2 Å². The quantitative estimate of drug-likeness (QED) is 0.123. The number of aliphatic hydroxyl groups is 8. The molecule has 14 atom stereocenters. The van der Waals surface area contributed by atoms with E-state index >= 15 is 0 Å². The molecule has 0 aromatic heterocycles. The van der Waals surface area contributed by atoms with Crippen LogP contribution in [0.5, 0.6) is 0 Å². The maximum atomic E-state index is 13.1. The van der Waals surface area contributed by atoms with Crippen LogP contribution >= 0.6 is 0 Å². The van der Waals surface area contributed by atoms with Gasteiger partial charge in [-0.2, -0.15) is 0 Å². The predicted molar refractivity (Wildman–Crippen MR) is 147 cm³/mol. The Kier molecular flexibility index (Phi) is 11.1. The van der Waals surface area contributed by atoms with Crippen molar-refractivity contribution in [2.75, 3.05) is 6.61 Å². The second-order valence-corrected chi connectivity index (χ2v) is 13.1. The Hall–Kier alpha value is -1.23. The number of allylic oxidation sites excluding steroid dienone is 1. The standard InChI is InChI=1S/C30H48O13/c31-13-24-26(37)27(38)28(39)30(43-24)42-22-11-17(33)10-21-18(22)12-23(29(41-21)15-3-5-16(32)6-4-15)40-25(36)8-2-14-1-7-19(34)20(35)9-14/h2,8,14-24,26-35,37-39H,1,3-7,9-13H2/t14?,15?,16?,17?,18?,19?,20?,21?,22?,23?,24-,26-,27-,28-,29?,30-/m1/s1. The molecule has 2 aliphatic heterocycles. The van der Waals surface area contributed by atoms with Crippen LogP contribution in [0.15, 0.2) is 12.2 Å². The Morgan fingerprint density at radius 2 is 1.49 bits per heavy atom. The molecular weight excluding hydrogens is 568 g/mol. The molecule has 0 aromatic carbocycles. The van der Waals surface area contributed by atoms with E-state index in [-0.39, 0.29) is 30.3 Å². The molecule has 3 aliphatic carbocycles. The van der Waals surface area contributed by atoms with Gasteiger partial charge in [-0.05, 0) is 69.6 Å². The molecule has 5 fully saturated rings. The van der Waals surface area contributed by atoms with Crippen molar-refractivity contribution in [2.45, 2.75) is 144 Å². The van der Waals surface area contributed by atoms with Crippen LogP contribution in [0.2, 0.25) is 0 Å². The molecule has 13 heteroatoms. The van der Waals surface area contributed by atoms with E-state index < -0.39 is 86.0 Å². The molecule has 13 nitrogen and oxygen atoms in total. The molecular formula is C30H48O13. The first kappa shape index (κ1) is 33.1. The van der Waals surface area contributed by atoms with Crippen LogP contribution in [-0.2, 0) is 23.7 Å². The van der Waals surface area contributed by atoms with Crippen LogP contribution < -0.4 is 0 Å². The van der Waals surface area contributed by atoms with Gasteiger partial charge < -0.3 is 59.8 Å². The fourth-order valence-electron chi connectivity index (χ4n) is 7.58. The fourth-order valence-corrected chi connectivity index (χ4v) is 7.58. The van der Waals surface area contributed by atoms with Gasteiger partial charge in [0.1, 0.15) is 30.5 Å². The number of carbonyl (C=O) groups excluding carboxylic acids is 1. The first-order chi connectivity index (χ1) is 20.5. The van der Waals surface area contributed by atoms with E-state index in [1.54, 1.807) is 6.08 Å². The second-order valence-electron chi connectivity index (χ2n) is 13.1. The van der Waals surface area contributed by atoms with Gasteiger partial charge in [0, 0.05) is 18.4 Å². The number of carbonyl (C=O) groups is 1. The Bertz CT molecular complexity index is 939. The largest absolute Gasteiger partial charge is 0.456 e. The van der Waals surface area contributed by atoms with Crippen molar-refractivity contribution in [2.24, 2.45) is 17.8 Å². The van der Waals surface area contributed by atoms with Gasteiger partial charge >= 0.3 is 5.97 Å². The highest BCUT2D eigenvalue weighted by molar-refractivity contribution is 5.82. The van der Waals surface area contributed by atoms with Crippen molar-refractivity contribution in [1.82, 2.24) is 0 Å². The van der Waals surface area contributed by atoms with Crippen molar-refractivity contribution in [1.29, 1.82) is 0 Å². The predicted octanol–water partition coefficient (Wildman–Crippen LogP) is -1.36. The Balaban J connectivity index is 1.30. The Morgan fingerprint density at radius 3 is 2.19 bits per heavy atom. The molecule has 0 amide bonds. The molecule has 8 N–H and O–H groups in total. The monoisotopic (exact) mass is 616 g/mol. The third-order valence-electron chi connectivity index (χ3n) is 10.1. The minimum absolute atomic E-state index is 0.0324. The fraction of sp³-hybridized carbons (Fsp3) is 0.900. The summed E-state index contributed by atoms with van der Waals surface area (Å²) in [7, 11) is 0. The smallest absolute Gasteiger partial charge is 0.330 e. The van der Waals surface area contributed by atoms with Crippen LogP contribution in [0, 0.1) is 17.8 Å². The van der Waals surface area contributed by atoms with Gasteiger partial charge in [-0.1, -0.05) is 6.08 Å². The van der Waals surface area contributed by atoms with E-state index in [1.807, 2.05) is 0 Å². The van der Waals surface area contributed by atoms with Gasteiger partial charge in [-0.25, -0.2) is 4.79 Å². The number of esters is 1. The molecule has 0 radical (unpaired) electrons. The topological polar surface area (TPSA) is 216 Å². The normalized spacial score (nSPS) is 49.4. The van der Waals surface area contributed by atoms with Gasteiger partial charge in [0.05, 0.1) is 49.3 Å². The van der Waals surface area contributed by atoms with E-state index in [2.05, 4.69) is 0 Å². The SMILES string of the molecule is O=C(C=CC1CCC(O)C(O)C1)OC1CC2C(CC(O)CC2O[C@@H]2O[C@H](CO)[C@@H](O)[C@@H](O)[C@H]2O)OC1C1CCC(O)CC1. The third-order valence-corrected chi connectivity index (χ3v) is 10.1. The number of hydrogen-bond donors (Lipinski definition) is 8. The highest BCUT2D eigenvalue weighted by Gasteiger charge is 2.52. The summed E-state index contributed by atoms with van der Waals surface area (Å²) in [5.74, 6) is -0.955. The first-order valence-electron chi connectivity index (χ1n) is 15.8. The van der Waals surface area contributed by atoms with Crippen molar-refractivity contribution < 1.29 is 64.6 Å². The molecule has 9 unspecified atom stereocenters. The van der Waals surface area contributed by atoms with Gasteiger partial charge in [-0.15, -0.1) is 0 Å². The molecule has 0 aromatic rings. The maximum Gasteiger partial charge on any atom is 0.330 e. The lowest BCUT2D eigenvalue weighted by molar-refractivity contribution is -0.327. The van der Waals surface area contributed by atoms with E-state index in [0.717, 1.165) is 0 Å². The molecule has 0 bridgehead atoms. The molecule has 5 rings (SSSR count). The Morgan fingerprint density at radius 1 is 0.744 bits per heavy atom. The molecule has 2 saturated heterocycles. The summed E-state index contributed by atoms with van der Waals surface area (Å²) in [6.45, 7) is -0.600. The summed E-state index contributed by atoms with van der Waals surface area (Å²) < 4.78 is 24.2. The Labute approximate surface area is 251 Å². The maximum absolute atomic E-state index is 13.1. The van der Waals surface area contributed by atoms with E-state index in [1.165, 1.54) is 6.08 Å². The summed E-state index contributed by atoms with van der Waals surface area (Å²) in [5.41, 5.74) is 0. The highest BCUT2D eigenvalue weighted by atomic mass is 16.7. The molecule has 246 valence electrons. The summed E-state index contributed by atoms with van der Waals surface area (Å²) in [6.07, 6.45) is -4.31. The van der Waals surface area contributed by atoms with Crippen molar-refractivity contribution in [3.8, 4) is 0 Å². The van der Waals surface area contributed by atoms with Gasteiger partial charge in [0.15, 0.2) is 6.29 Å². The summed E-state index contributed by atoms with van der Waals surface area (Å²) >= 11 is 0.